The van der Waals surface area contributed by atoms with Crippen molar-refractivity contribution in [2.24, 2.45) is 0 Å². The van der Waals surface area contributed by atoms with E-state index in [1.54, 1.807) is 24.3 Å². The molecule has 1 unspecified atom stereocenters. The minimum absolute atomic E-state index is 0.0762. The summed E-state index contributed by atoms with van der Waals surface area (Å²) in [6.07, 6.45) is 0.406. The predicted molar refractivity (Wildman–Crippen MR) is 167 cm³/mol. The number of amides is 2. The molecule has 4 aromatic carbocycles. The van der Waals surface area contributed by atoms with Crippen molar-refractivity contribution in [2.75, 3.05) is 17.6 Å². The molecule has 4 aromatic rings. The average molecular weight is 585 g/mol. The van der Waals surface area contributed by atoms with E-state index in [1.807, 2.05) is 54.6 Å². The highest BCUT2D eigenvalue weighted by Crippen LogP contribution is 2.29. The Morgan fingerprint density at radius 1 is 0.786 bits per heavy atom. The zero-order valence-electron chi connectivity index (χ0n) is 24.0. The summed E-state index contributed by atoms with van der Waals surface area (Å²) >= 11 is 0. The van der Waals surface area contributed by atoms with E-state index >= 15 is 0 Å². The van der Waals surface area contributed by atoms with Crippen LogP contribution in [0, 0.1) is 0 Å². The van der Waals surface area contributed by atoms with Crippen LogP contribution in [0.4, 0.5) is 5.69 Å². The van der Waals surface area contributed by atoms with Crippen LogP contribution in [-0.2, 0) is 26.7 Å². The topological polar surface area (TPSA) is 113 Å². The van der Waals surface area contributed by atoms with Crippen molar-refractivity contribution in [2.45, 2.75) is 38.5 Å². The largest absolute Gasteiger partial charge is 0.351 e. The Morgan fingerprint density at radius 3 is 1.90 bits per heavy atom. The van der Waals surface area contributed by atoms with Gasteiger partial charge in [0.05, 0.1) is 11.7 Å². The van der Waals surface area contributed by atoms with Crippen LogP contribution in [0.25, 0.3) is 11.1 Å². The zero-order chi connectivity index (χ0) is 30.3. The number of benzene rings is 4. The van der Waals surface area contributed by atoms with E-state index in [1.165, 1.54) is 5.56 Å². The van der Waals surface area contributed by atoms with Crippen LogP contribution in [0.5, 0.6) is 0 Å². The van der Waals surface area contributed by atoms with Crippen LogP contribution in [0.1, 0.15) is 53.7 Å². The molecule has 7 nitrogen and oxygen atoms in total. The highest BCUT2D eigenvalue weighted by atomic mass is 32.2. The normalized spacial score (nSPS) is 12.4. The lowest BCUT2D eigenvalue weighted by molar-refractivity contribution is -0.117. The Bertz CT molecular complexity index is 1610. The Hall–Kier alpha value is -4.27. The first kappa shape index (κ1) is 30.7. The van der Waals surface area contributed by atoms with Crippen molar-refractivity contribution >= 4 is 27.6 Å². The molecule has 0 spiro atoms. The second-order valence-electron chi connectivity index (χ2n) is 11.3. The molecule has 0 saturated heterocycles. The summed E-state index contributed by atoms with van der Waals surface area (Å²) in [6.45, 7) is 6.37. The maximum atomic E-state index is 13.5. The molecule has 0 fully saturated rings. The Morgan fingerprint density at radius 2 is 1.36 bits per heavy atom. The monoisotopic (exact) mass is 584 g/mol. The zero-order valence-corrected chi connectivity index (χ0v) is 24.8. The van der Waals surface area contributed by atoms with Crippen LogP contribution in [0.2, 0.25) is 0 Å². The number of anilines is 1. The average Bonchev–Trinajstić information content (AvgIpc) is 2.96. The number of carbonyl (C=O) groups excluding carboxylic acids is 2. The van der Waals surface area contributed by atoms with Crippen LogP contribution in [0.15, 0.2) is 103 Å². The fraction of sp³-hybridized carbons (Fsp3) is 0.235. The molecule has 0 saturated carbocycles. The third-order valence-corrected chi connectivity index (χ3v) is 7.78. The molecule has 3 N–H and O–H groups in total. The van der Waals surface area contributed by atoms with Crippen molar-refractivity contribution in [3.05, 3.63) is 125 Å². The summed E-state index contributed by atoms with van der Waals surface area (Å²) in [7, 11) is -4.16. The third kappa shape index (κ3) is 8.61. The van der Waals surface area contributed by atoms with Crippen LogP contribution in [-0.4, -0.2) is 37.1 Å². The van der Waals surface area contributed by atoms with Crippen molar-refractivity contribution in [3.63, 3.8) is 0 Å². The highest BCUT2D eigenvalue weighted by molar-refractivity contribution is 7.85. The first-order chi connectivity index (χ1) is 19.9. The summed E-state index contributed by atoms with van der Waals surface area (Å²) in [4.78, 5) is 25.9. The van der Waals surface area contributed by atoms with Crippen molar-refractivity contribution < 1.29 is 22.6 Å². The maximum absolute atomic E-state index is 13.5. The minimum atomic E-state index is -4.16. The fourth-order valence-electron chi connectivity index (χ4n) is 4.61. The molecule has 0 aromatic heterocycles. The SMILES string of the molecule is CC(C)(C)c1ccc(-c2ccc(C(Cc3ccc(C(=O)NCCS(=O)(=O)O)cc3)C(=O)Nc3ccccc3)cc2)cc1. The number of rotatable bonds is 10. The molecule has 0 heterocycles. The lowest BCUT2D eigenvalue weighted by atomic mass is 9.86. The van der Waals surface area contributed by atoms with Crippen LogP contribution < -0.4 is 10.6 Å². The number of para-hydroxylation sites is 1. The molecule has 4 rings (SSSR count). The number of nitrogens with one attached hydrogen (secondary N) is 2. The van der Waals surface area contributed by atoms with Crippen molar-refractivity contribution in [1.29, 1.82) is 0 Å². The fourth-order valence-corrected chi connectivity index (χ4v) is 4.97. The lowest BCUT2D eigenvalue weighted by Crippen LogP contribution is -2.28. The molecule has 1 atom stereocenters. The van der Waals surface area contributed by atoms with Crippen LogP contribution >= 0.6 is 0 Å². The summed E-state index contributed by atoms with van der Waals surface area (Å²) in [6, 6.07) is 32.7. The molecular weight excluding hydrogens is 548 g/mol. The second kappa shape index (κ2) is 13.1. The molecule has 42 heavy (non-hydrogen) atoms. The van der Waals surface area contributed by atoms with Gasteiger partial charge in [-0.25, -0.2) is 0 Å². The van der Waals surface area contributed by atoms with Gasteiger partial charge >= 0.3 is 0 Å². The molecule has 0 aliphatic rings. The van der Waals surface area contributed by atoms with E-state index in [0.29, 0.717) is 17.7 Å². The molecular formula is C34H36N2O5S. The Kier molecular flexibility index (Phi) is 9.60. The van der Waals surface area contributed by atoms with E-state index in [-0.39, 0.29) is 17.9 Å². The van der Waals surface area contributed by atoms with Gasteiger partial charge in [-0.15, -0.1) is 0 Å². The maximum Gasteiger partial charge on any atom is 0.266 e. The quantitative estimate of drug-likeness (QED) is 0.191. The van der Waals surface area contributed by atoms with E-state index in [2.05, 4.69) is 55.7 Å². The van der Waals surface area contributed by atoms with E-state index < -0.39 is 27.7 Å². The van der Waals surface area contributed by atoms with Gasteiger partial charge in [-0.1, -0.05) is 99.6 Å². The molecule has 0 aliphatic carbocycles. The van der Waals surface area contributed by atoms with E-state index in [0.717, 1.165) is 22.3 Å². The molecule has 8 heteroatoms. The van der Waals surface area contributed by atoms with Gasteiger partial charge in [0.2, 0.25) is 5.91 Å². The van der Waals surface area contributed by atoms with Crippen molar-refractivity contribution in [3.8, 4) is 11.1 Å². The number of carbonyl (C=O) groups is 2. The van der Waals surface area contributed by atoms with Gasteiger partial charge in [-0.3, -0.25) is 14.1 Å². The molecule has 0 bridgehead atoms. The van der Waals surface area contributed by atoms with Gasteiger partial charge in [-0.05, 0) is 63.9 Å². The first-order valence-corrected chi connectivity index (χ1v) is 15.4. The third-order valence-electron chi connectivity index (χ3n) is 7.06. The Labute approximate surface area is 247 Å². The van der Waals surface area contributed by atoms with E-state index in [9.17, 15) is 18.0 Å². The summed E-state index contributed by atoms with van der Waals surface area (Å²) in [5.74, 6) is -1.64. The van der Waals surface area contributed by atoms with E-state index in [4.69, 9.17) is 4.55 Å². The number of hydrogen-bond acceptors (Lipinski definition) is 4. The predicted octanol–water partition coefficient (Wildman–Crippen LogP) is 6.23. The Balaban J connectivity index is 1.53. The highest BCUT2D eigenvalue weighted by Gasteiger charge is 2.22. The summed E-state index contributed by atoms with van der Waals surface area (Å²) in [5.41, 5.74) is 6.29. The van der Waals surface area contributed by atoms with Gasteiger partial charge in [0.25, 0.3) is 16.0 Å². The van der Waals surface area contributed by atoms with Gasteiger partial charge < -0.3 is 10.6 Å². The smallest absolute Gasteiger partial charge is 0.266 e. The first-order valence-electron chi connectivity index (χ1n) is 13.8. The van der Waals surface area contributed by atoms with Gasteiger partial charge in [0.1, 0.15) is 0 Å². The lowest BCUT2D eigenvalue weighted by Gasteiger charge is -2.20. The summed E-state index contributed by atoms with van der Waals surface area (Å²) < 4.78 is 30.6. The molecule has 218 valence electrons. The second-order valence-corrected chi connectivity index (χ2v) is 12.9. The van der Waals surface area contributed by atoms with Gasteiger partial charge in [-0.2, -0.15) is 8.42 Å². The number of hydrogen-bond donors (Lipinski definition) is 3. The minimum Gasteiger partial charge on any atom is -0.351 e. The van der Waals surface area contributed by atoms with Gasteiger partial charge in [0, 0.05) is 17.8 Å². The van der Waals surface area contributed by atoms with Crippen molar-refractivity contribution in [1.82, 2.24) is 5.32 Å². The van der Waals surface area contributed by atoms with Crippen LogP contribution in [0.3, 0.4) is 0 Å². The molecule has 0 radical (unpaired) electrons. The standard InChI is InChI=1S/C34H36N2O5S/c1-34(2,3)29-19-17-26(18-20-29)25-13-15-27(16-14-25)31(33(38)36-30-7-5-4-6-8-30)23-24-9-11-28(12-10-24)32(37)35-21-22-42(39,40)41/h4-20,31H,21-23H2,1-3H3,(H,35,37)(H,36,38)(H,39,40,41). The molecule has 0 aliphatic heterocycles. The summed E-state index contributed by atoms with van der Waals surface area (Å²) in [5, 5.41) is 5.49. The van der Waals surface area contributed by atoms with Gasteiger partial charge in [0.15, 0.2) is 0 Å². The molecule has 2 amide bonds.